The zero-order valence-electron chi connectivity index (χ0n) is 11.4. The van der Waals surface area contributed by atoms with Crippen molar-refractivity contribution in [2.24, 2.45) is 0 Å². The summed E-state index contributed by atoms with van der Waals surface area (Å²) in [7, 11) is 0. The average molecular weight is 315 g/mol. The monoisotopic (exact) mass is 314 g/mol. The molecule has 0 unspecified atom stereocenters. The molecule has 2 aromatic carbocycles. The van der Waals surface area contributed by atoms with Crippen LogP contribution in [0, 0.1) is 0 Å². The number of tetrazole rings is 1. The Bertz CT molecular complexity index is 773. The van der Waals surface area contributed by atoms with Crippen LogP contribution in [-0.4, -0.2) is 26.6 Å². The van der Waals surface area contributed by atoms with Gasteiger partial charge in [-0.3, -0.25) is 0 Å². The van der Waals surface area contributed by atoms with Crippen molar-refractivity contribution in [3.63, 3.8) is 0 Å². The van der Waals surface area contributed by atoms with E-state index in [-0.39, 0.29) is 6.61 Å². The number of aromatic nitrogens is 4. The maximum atomic E-state index is 12.0. The Balaban J connectivity index is 1.65. The first-order valence-corrected chi connectivity index (χ1v) is 6.85. The van der Waals surface area contributed by atoms with Crippen molar-refractivity contribution in [3.05, 3.63) is 64.7 Å². The van der Waals surface area contributed by atoms with E-state index in [1.54, 1.807) is 36.4 Å². The number of carbonyl (C=O) groups excluding carboxylic acids is 1. The highest BCUT2D eigenvalue weighted by atomic mass is 35.5. The third kappa shape index (κ3) is 3.29. The van der Waals surface area contributed by atoms with Crippen LogP contribution >= 0.6 is 11.6 Å². The van der Waals surface area contributed by atoms with Crippen LogP contribution < -0.4 is 0 Å². The van der Waals surface area contributed by atoms with Gasteiger partial charge in [0.05, 0.1) is 5.56 Å². The fourth-order valence-corrected chi connectivity index (χ4v) is 2.11. The number of halogens is 1. The SMILES string of the molecule is O=C(OCc1cccc(Cl)c1)c1ccc(-c2nn[nH]n2)cc1. The molecule has 0 aliphatic rings. The number of esters is 1. The van der Waals surface area contributed by atoms with Crippen LogP contribution in [0.5, 0.6) is 0 Å². The molecule has 0 radical (unpaired) electrons. The van der Waals surface area contributed by atoms with Gasteiger partial charge in [0.25, 0.3) is 0 Å². The standard InChI is InChI=1S/C15H11ClN4O2/c16-13-3-1-2-10(8-13)9-22-15(21)12-6-4-11(5-7-12)14-17-19-20-18-14/h1-8H,9H2,(H,17,18,19,20). The second kappa shape index (κ2) is 6.36. The van der Waals surface area contributed by atoms with Crippen molar-refractivity contribution >= 4 is 17.6 Å². The zero-order chi connectivity index (χ0) is 15.4. The highest BCUT2D eigenvalue weighted by Crippen LogP contribution is 2.16. The third-order valence-electron chi connectivity index (χ3n) is 2.98. The summed E-state index contributed by atoms with van der Waals surface area (Å²) in [5, 5.41) is 14.2. The fraction of sp³-hybridized carbons (Fsp3) is 0.0667. The molecule has 0 amide bonds. The van der Waals surface area contributed by atoms with Crippen molar-refractivity contribution in [1.82, 2.24) is 20.6 Å². The summed E-state index contributed by atoms with van der Waals surface area (Å²) in [5.41, 5.74) is 2.05. The second-order valence-corrected chi connectivity index (χ2v) is 4.96. The van der Waals surface area contributed by atoms with E-state index in [2.05, 4.69) is 20.6 Å². The minimum atomic E-state index is -0.403. The number of nitrogens with zero attached hydrogens (tertiary/aromatic N) is 3. The lowest BCUT2D eigenvalue weighted by Gasteiger charge is -2.05. The van der Waals surface area contributed by atoms with Crippen molar-refractivity contribution in [2.75, 3.05) is 0 Å². The number of ether oxygens (including phenoxy) is 1. The van der Waals surface area contributed by atoms with Gasteiger partial charge in [0.15, 0.2) is 0 Å². The minimum Gasteiger partial charge on any atom is -0.457 e. The molecule has 3 aromatic rings. The molecule has 0 spiro atoms. The van der Waals surface area contributed by atoms with Gasteiger partial charge in [-0.1, -0.05) is 35.9 Å². The van der Waals surface area contributed by atoms with Crippen LogP contribution in [0.3, 0.4) is 0 Å². The van der Waals surface area contributed by atoms with Crippen LogP contribution in [0.25, 0.3) is 11.4 Å². The van der Waals surface area contributed by atoms with Gasteiger partial charge in [-0.2, -0.15) is 5.21 Å². The number of carbonyl (C=O) groups is 1. The minimum absolute atomic E-state index is 0.173. The van der Waals surface area contributed by atoms with Crippen molar-refractivity contribution in [3.8, 4) is 11.4 Å². The van der Waals surface area contributed by atoms with E-state index in [1.807, 2.05) is 12.1 Å². The van der Waals surface area contributed by atoms with Gasteiger partial charge in [-0.05, 0) is 35.0 Å². The molecule has 1 N–H and O–H groups in total. The van der Waals surface area contributed by atoms with Crippen molar-refractivity contribution < 1.29 is 9.53 Å². The number of H-pyrrole nitrogens is 1. The Labute approximate surface area is 131 Å². The summed E-state index contributed by atoms with van der Waals surface area (Å²) < 4.78 is 5.25. The zero-order valence-corrected chi connectivity index (χ0v) is 12.1. The largest absolute Gasteiger partial charge is 0.457 e. The third-order valence-corrected chi connectivity index (χ3v) is 3.22. The highest BCUT2D eigenvalue weighted by molar-refractivity contribution is 6.30. The summed E-state index contributed by atoms with van der Waals surface area (Å²) in [5.74, 6) is 0.0680. The molecule has 3 rings (SSSR count). The lowest BCUT2D eigenvalue weighted by Crippen LogP contribution is -2.05. The Morgan fingerprint density at radius 2 is 2.00 bits per heavy atom. The first-order chi connectivity index (χ1) is 10.7. The van der Waals surface area contributed by atoms with E-state index in [1.165, 1.54) is 0 Å². The number of rotatable bonds is 4. The predicted molar refractivity (Wildman–Crippen MR) is 80.2 cm³/mol. The molecule has 0 bridgehead atoms. The molecule has 1 heterocycles. The van der Waals surface area contributed by atoms with E-state index in [4.69, 9.17) is 16.3 Å². The normalized spacial score (nSPS) is 10.4. The summed E-state index contributed by atoms with van der Waals surface area (Å²) >= 11 is 5.88. The molecule has 110 valence electrons. The molecule has 1 aromatic heterocycles. The molecule has 0 atom stereocenters. The van der Waals surface area contributed by atoms with Crippen LogP contribution in [0.15, 0.2) is 48.5 Å². The Morgan fingerprint density at radius 3 is 2.68 bits per heavy atom. The molecule has 22 heavy (non-hydrogen) atoms. The predicted octanol–water partition coefficient (Wildman–Crippen LogP) is 2.88. The van der Waals surface area contributed by atoms with E-state index in [0.717, 1.165) is 11.1 Å². The molecule has 0 aliphatic carbocycles. The van der Waals surface area contributed by atoms with Crippen molar-refractivity contribution in [1.29, 1.82) is 0 Å². The molecular formula is C15H11ClN4O2. The van der Waals surface area contributed by atoms with E-state index in [0.29, 0.717) is 16.4 Å². The smallest absolute Gasteiger partial charge is 0.338 e. The molecule has 0 fully saturated rings. The summed E-state index contributed by atoms with van der Waals surface area (Å²) in [4.78, 5) is 12.0. The van der Waals surface area contributed by atoms with E-state index < -0.39 is 5.97 Å². The first kappa shape index (κ1) is 14.2. The van der Waals surface area contributed by atoms with E-state index in [9.17, 15) is 4.79 Å². The van der Waals surface area contributed by atoms with Gasteiger partial charge < -0.3 is 4.74 Å². The van der Waals surface area contributed by atoms with E-state index >= 15 is 0 Å². The molecule has 6 nitrogen and oxygen atoms in total. The van der Waals surface area contributed by atoms with Crippen LogP contribution in [-0.2, 0) is 11.3 Å². The lowest BCUT2D eigenvalue weighted by atomic mass is 10.1. The number of aromatic amines is 1. The average Bonchev–Trinajstić information content (AvgIpc) is 3.07. The number of benzene rings is 2. The molecule has 0 aliphatic heterocycles. The Hall–Kier alpha value is -2.73. The molecule has 0 saturated carbocycles. The molecular weight excluding hydrogens is 304 g/mol. The van der Waals surface area contributed by atoms with Gasteiger partial charge in [0.1, 0.15) is 6.61 Å². The fourth-order valence-electron chi connectivity index (χ4n) is 1.90. The molecule has 0 saturated heterocycles. The Morgan fingerprint density at radius 1 is 1.18 bits per heavy atom. The summed E-state index contributed by atoms with van der Waals surface area (Å²) in [6.07, 6.45) is 0. The summed E-state index contributed by atoms with van der Waals surface area (Å²) in [6, 6.07) is 14.0. The maximum Gasteiger partial charge on any atom is 0.338 e. The number of hydrogen-bond donors (Lipinski definition) is 1. The van der Waals surface area contributed by atoms with Crippen LogP contribution in [0.4, 0.5) is 0 Å². The number of nitrogens with one attached hydrogen (secondary N) is 1. The number of hydrogen-bond acceptors (Lipinski definition) is 5. The van der Waals surface area contributed by atoms with Gasteiger partial charge in [0, 0.05) is 10.6 Å². The quantitative estimate of drug-likeness (QED) is 0.749. The lowest BCUT2D eigenvalue weighted by molar-refractivity contribution is 0.0473. The Kier molecular flexibility index (Phi) is 4.11. The highest BCUT2D eigenvalue weighted by Gasteiger charge is 2.09. The van der Waals surface area contributed by atoms with Crippen molar-refractivity contribution in [2.45, 2.75) is 6.61 Å². The topological polar surface area (TPSA) is 80.8 Å². The second-order valence-electron chi connectivity index (χ2n) is 4.52. The first-order valence-electron chi connectivity index (χ1n) is 6.48. The van der Waals surface area contributed by atoms with Gasteiger partial charge in [0.2, 0.25) is 5.82 Å². The van der Waals surface area contributed by atoms with Gasteiger partial charge in [-0.25, -0.2) is 4.79 Å². The van der Waals surface area contributed by atoms with Crippen LogP contribution in [0.2, 0.25) is 5.02 Å². The molecule has 7 heteroatoms. The summed E-state index contributed by atoms with van der Waals surface area (Å²) in [6.45, 7) is 0.173. The van der Waals surface area contributed by atoms with Crippen LogP contribution in [0.1, 0.15) is 15.9 Å². The van der Waals surface area contributed by atoms with Gasteiger partial charge >= 0.3 is 5.97 Å². The van der Waals surface area contributed by atoms with Gasteiger partial charge in [-0.15, -0.1) is 10.2 Å². The maximum absolute atomic E-state index is 12.0.